The molecule has 6 heteroatoms. The fourth-order valence-corrected chi connectivity index (χ4v) is 3.16. The van der Waals surface area contributed by atoms with Crippen molar-refractivity contribution in [1.82, 2.24) is 24.6 Å². The number of aromatic nitrogens is 4. The first kappa shape index (κ1) is 17.0. The molecule has 1 N–H and O–H groups in total. The molecule has 2 aromatic carbocycles. The van der Waals surface area contributed by atoms with E-state index in [2.05, 4.69) is 27.6 Å². The minimum atomic E-state index is -0.0473. The van der Waals surface area contributed by atoms with Crippen LogP contribution in [0.25, 0.3) is 10.9 Å². The highest BCUT2D eigenvalue weighted by Gasteiger charge is 2.09. The van der Waals surface area contributed by atoms with E-state index in [9.17, 15) is 4.79 Å². The summed E-state index contributed by atoms with van der Waals surface area (Å²) >= 11 is 0. The first-order valence-electron chi connectivity index (χ1n) is 9.01. The van der Waals surface area contributed by atoms with Crippen LogP contribution in [0.15, 0.2) is 73.2 Å². The average molecular weight is 359 g/mol. The van der Waals surface area contributed by atoms with Crippen LogP contribution >= 0.6 is 0 Å². The smallest absolute Gasteiger partial charge is 0.240 e. The van der Waals surface area contributed by atoms with Crippen molar-refractivity contribution in [3.05, 3.63) is 84.6 Å². The molecule has 6 nitrogen and oxygen atoms in total. The molecule has 27 heavy (non-hydrogen) atoms. The third kappa shape index (κ3) is 4.06. The van der Waals surface area contributed by atoms with Gasteiger partial charge in [0.15, 0.2) is 5.82 Å². The number of carbonyl (C=O) groups excluding carboxylic acids is 1. The van der Waals surface area contributed by atoms with E-state index in [1.807, 2.05) is 63.9 Å². The van der Waals surface area contributed by atoms with E-state index < -0.39 is 0 Å². The van der Waals surface area contributed by atoms with E-state index in [1.165, 1.54) is 5.56 Å². The van der Waals surface area contributed by atoms with Gasteiger partial charge in [-0.05, 0) is 29.5 Å². The Balaban J connectivity index is 1.33. The average Bonchev–Trinajstić information content (AvgIpc) is 3.33. The second kappa shape index (κ2) is 7.86. The lowest BCUT2D eigenvalue weighted by Gasteiger charge is -2.09. The zero-order chi connectivity index (χ0) is 18.5. The van der Waals surface area contributed by atoms with Crippen molar-refractivity contribution in [2.45, 2.75) is 26.1 Å². The quantitative estimate of drug-likeness (QED) is 0.552. The Labute approximate surface area is 157 Å². The number of hydrogen-bond donors (Lipinski definition) is 1. The van der Waals surface area contributed by atoms with Gasteiger partial charge in [-0.3, -0.25) is 4.79 Å². The Morgan fingerprint density at radius 2 is 1.78 bits per heavy atom. The summed E-state index contributed by atoms with van der Waals surface area (Å²) in [6.07, 6.45) is 4.55. The lowest BCUT2D eigenvalue weighted by molar-refractivity contribution is -0.121. The molecule has 0 fully saturated rings. The Hall–Kier alpha value is -3.41. The number of carbonyl (C=O) groups is 1. The molecule has 0 aliphatic heterocycles. The first-order chi connectivity index (χ1) is 13.3. The molecule has 0 aliphatic rings. The maximum absolute atomic E-state index is 12.4. The van der Waals surface area contributed by atoms with E-state index in [1.54, 1.807) is 6.33 Å². The summed E-state index contributed by atoms with van der Waals surface area (Å²) in [5, 5.41) is 12.2. The van der Waals surface area contributed by atoms with Crippen LogP contribution in [0.1, 0.15) is 11.4 Å². The summed E-state index contributed by atoms with van der Waals surface area (Å²) in [5.74, 6) is 0.714. The second-order valence-corrected chi connectivity index (χ2v) is 6.46. The Kier molecular flexibility index (Phi) is 4.96. The predicted octanol–water partition coefficient (Wildman–Crippen LogP) is 2.79. The lowest BCUT2D eigenvalue weighted by atomic mass is 10.1. The zero-order valence-electron chi connectivity index (χ0n) is 15.0. The molecule has 0 unspecified atom stereocenters. The fourth-order valence-electron chi connectivity index (χ4n) is 3.16. The van der Waals surface area contributed by atoms with Crippen LogP contribution in [0, 0.1) is 0 Å². The Morgan fingerprint density at radius 1 is 0.963 bits per heavy atom. The van der Waals surface area contributed by atoms with Crippen LogP contribution in [0.2, 0.25) is 0 Å². The van der Waals surface area contributed by atoms with E-state index >= 15 is 0 Å². The van der Waals surface area contributed by atoms with Gasteiger partial charge in [-0.2, -0.15) is 0 Å². The summed E-state index contributed by atoms with van der Waals surface area (Å²) in [6, 6.07) is 20.3. The molecule has 0 saturated carbocycles. The molecular weight excluding hydrogens is 338 g/mol. The van der Waals surface area contributed by atoms with Gasteiger partial charge in [0, 0.05) is 18.3 Å². The van der Waals surface area contributed by atoms with Crippen molar-refractivity contribution in [3.63, 3.8) is 0 Å². The molecular formula is C21H21N5O. The predicted molar refractivity (Wildman–Crippen MR) is 104 cm³/mol. The molecule has 2 aromatic heterocycles. The van der Waals surface area contributed by atoms with Gasteiger partial charge in [-0.15, -0.1) is 10.2 Å². The number of nitrogens with zero attached hydrogens (tertiary/aromatic N) is 4. The van der Waals surface area contributed by atoms with Crippen LogP contribution in [0.4, 0.5) is 0 Å². The summed E-state index contributed by atoms with van der Waals surface area (Å²) < 4.78 is 3.93. The molecule has 0 saturated heterocycles. The number of fused-ring (bicyclic) bond motifs is 1. The van der Waals surface area contributed by atoms with Crippen molar-refractivity contribution in [2.75, 3.05) is 0 Å². The first-order valence-corrected chi connectivity index (χ1v) is 9.01. The molecule has 0 spiro atoms. The molecule has 1 amide bonds. The van der Waals surface area contributed by atoms with E-state index in [-0.39, 0.29) is 12.5 Å². The van der Waals surface area contributed by atoms with Crippen LogP contribution < -0.4 is 5.32 Å². The van der Waals surface area contributed by atoms with E-state index in [0.717, 1.165) is 29.7 Å². The number of amides is 1. The van der Waals surface area contributed by atoms with E-state index in [4.69, 9.17) is 0 Å². The molecule has 0 bridgehead atoms. The Morgan fingerprint density at radius 3 is 2.67 bits per heavy atom. The summed E-state index contributed by atoms with van der Waals surface area (Å²) in [6.45, 7) is 1.43. The SMILES string of the molecule is O=C(Cn1ccc2ccccc21)NCc1nncn1CCc1ccccc1. The van der Waals surface area contributed by atoms with Gasteiger partial charge < -0.3 is 14.5 Å². The standard InChI is InChI=1S/C21H21N5O/c27-21(15-25-13-11-18-8-4-5-9-19(18)25)22-14-20-24-23-16-26(20)12-10-17-6-2-1-3-7-17/h1-9,11,13,16H,10,12,14-15H2,(H,22,27). The largest absolute Gasteiger partial charge is 0.347 e. The number of aryl methyl sites for hydroxylation is 2. The highest BCUT2D eigenvalue weighted by molar-refractivity contribution is 5.83. The molecule has 4 aromatic rings. The number of para-hydroxylation sites is 1. The van der Waals surface area contributed by atoms with Crippen molar-refractivity contribution in [3.8, 4) is 0 Å². The van der Waals surface area contributed by atoms with Crippen LogP contribution in [-0.4, -0.2) is 25.2 Å². The minimum absolute atomic E-state index is 0.0473. The van der Waals surface area contributed by atoms with Gasteiger partial charge in [-0.25, -0.2) is 0 Å². The second-order valence-electron chi connectivity index (χ2n) is 6.46. The number of hydrogen-bond acceptors (Lipinski definition) is 3. The maximum Gasteiger partial charge on any atom is 0.240 e. The van der Waals surface area contributed by atoms with Crippen molar-refractivity contribution < 1.29 is 4.79 Å². The lowest BCUT2D eigenvalue weighted by Crippen LogP contribution is -2.28. The van der Waals surface area contributed by atoms with Gasteiger partial charge in [0.2, 0.25) is 5.91 Å². The summed E-state index contributed by atoms with van der Waals surface area (Å²) in [4.78, 5) is 12.4. The van der Waals surface area contributed by atoms with Gasteiger partial charge in [0.1, 0.15) is 12.9 Å². The molecule has 0 aliphatic carbocycles. The topological polar surface area (TPSA) is 64.7 Å². The van der Waals surface area contributed by atoms with Crippen LogP contribution in [-0.2, 0) is 30.8 Å². The maximum atomic E-state index is 12.4. The number of rotatable bonds is 7. The third-order valence-electron chi connectivity index (χ3n) is 4.62. The van der Waals surface area contributed by atoms with Gasteiger partial charge in [0.05, 0.1) is 6.54 Å². The van der Waals surface area contributed by atoms with Crippen molar-refractivity contribution in [2.24, 2.45) is 0 Å². The van der Waals surface area contributed by atoms with Gasteiger partial charge in [0.25, 0.3) is 0 Å². The van der Waals surface area contributed by atoms with E-state index in [0.29, 0.717) is 6.54 Å². The summed E-state index contributed by atoms with van der Waals surface area (Å²) in [7, 11) is 0. The third-order valence-corrected chi connectivity index (χ3v) is 4.62. The van der Waals surface area contributed by atoms with Crippen LogP contribution in [0.5, 0.6) is 0 Å². The fraction of sp³-hybridized carbons (Fsp3) is 0.190. The molecule has 4 rings (SSSR count). The molecule has 0 radical (unpaired) electrons. The highest BCUT2D eigenvalue weighted by atomic mass is 16.1. The van der Waals surface area contributed by atoms with Gasteiger partial charge >= 0.3 is 0 Å². The van der Waals surface area contributed by atoms with Gasteiger partial charge in [-0.1, -0.05) is 48.5 Å². The number of nitrogens with one attached hydrogen (secondary N) is 1. The zero-order valence-corrected chi connectivity index (χ0v) is 15.0. The number of benzene rings is 2. The minimum Gasteiger partial charge on any atom is -0.347 e. The molecule has 2 heterocycles. The van der Waals surface area contributed by atoms with Crippen molar-refractivity contribution >= 4 is 16.8 Å². The summed E-state index contributed by atoms with van der Waals surface area (Å²) in [5.41, 5.74) is 2.32. The Bertz CT molecular complexity index is 1030. The monoisotopic (exact) mass is 359 g/mol. The highest BCUT2D eigenvalue weighted by Crippen LogP contribution is 2.14. The molecule has 136 valence electrons. The van der Waals surface area contributed by atoms with Crippen molar-refractivity contribution in [1.29, 1.82) is 0 Å². The molecule has 0 atom stereocenters. The normalized spacial score (nSPS) is 11.0. The van der Waals surface area contributed by atoms with Crippen LogP contribution in [0.3, 0.4) is 0 Å².